The molecule has 13 heavy (non-hydrogen) atoms. The van der Waals surface area contributed by atoms with Crippen LogP contribution in [0, 0.1) is 0 Å². The summed E-state index contributed by atoms with van der Waals surface area (Å²) in [4.78, 5) is 11.0. The molecular weight excluding hydrogens is 168 g/mol. The van der Waals surface area contributed by atoms with E-state index >= 15 is 0 Å². The molecule has 2 N–H and O–H groups in total. The van der Waals surface area contributed by atoms with Crippen molar-refractivity contribution in [2.45, 2.75) is 32.2 Å². The molecule has 1 aromatic rings. The highest BCUT2D eigenvalue weighted by molar-refractivity contribution is 5.78. The first-order valence-corrected chi connectivity index (χ1v) is 4.40. The second-order valence-corrected chi connectivity index (χ2v) is 2.94. The highest BCUT2D eigenvalue weighted by Crippen LogP contribution is 2.12. The Hall–Kier alpha value is -1.39. The zero-order valence-corrected chi connectivity index (χ0v) is 7.68. The molecule has 0 radical (unpaired) electrons. The molecule has 1 heterocycles. The fourth-order valence-corrected chi connectivity index (χ4v) is 1.19. The van der Waals surface area contributed by atoms with Crippen molar-refractivity contribution in [1.82, 2.24) is 15.0 Å². The van der Waals surface area contributed by atoms with Crippen LogP contribution in [-0.2, 0) is 4.79 Å². The minimum absolute atomic E-state index is 0.345. The van der Waals surface area contributed by atoms with E-state index in [9.17, 15) is 4.79 Å². The first-order chi connectivity index (χ1) is 6.25. The molecule has 0 aromatic carbocycles. The molecular formula is C8H14N4O. The number of aromatic nitrogens is 3. The molecule has 1 aromatic heterocycles. The minimum atomic E-state index is -0.348. The van der Waals surface area contributed by atoms with Crippen LogP contribution in [0.2, 0.25) is 0 Å². The number of rotatable bonds is 5. The maximum absolute atomic E-state index is 11.0. The second kappa shape index (κ2) is 4.59. The Bertz CT molecular complexity index is 257. The van der Waals surface area contributed by atoms with Crippen LogP contribution in [0.4, 0.5) is 0 Å². The standard InChI is InChI=1S/C8H14N4O/c1-2-3-4-7(8(9)13)12-6-5-10-11-12/h5-7H,2-4H2,1H3,(H2,9,13). The van der Waals surface area contributed by atoms with E-state index in [1.807, 2.05) is 0 Å². The van der Waals surface area contributed by atoms with Gasteiger partial charge in [-0.1, -0.05) is 25.0 Å². The van der Waals surface area contributed by atoms with Crippen LogP contribution in [0.15, 0.2) is 12.4 Å². The zero-order valence-electron chi connectivity index (χ0n) is 7.68. The van der Waals surface area contributed by atoms with Gasteiger partial charge in [-0.15, -0.1) is 5.10 Å². The van der Waals surface area contributed by atoms with E-state index in [0.717, 1.165) is 19.3 Å². The van der Waals surface area contributed by atoms with Gasteiger partial charge in [0, 0.05) is 6.20 Å². The van der Waals surface area contributed by atoms with Crippen LogP contribution in [-0.4, -0.2) is 20.9 Å². The average molecular weight is 182 g/mol. The summed E-state index contributed by atoms with van der Waals surface area (Å²) < 4.78 is 1.51. The van der Waals surface area contributed by atoms with Gasteiger partial charge in [-0.05, 0) is 6.42 Å². The fourth-order valence-electron chi connectivity index (χ4n) is 1.19. The summed E-state index contributed by atoms with van der Waals surface area (Å²) in [7, 11) is 0. The lowest BCUT2D eigenvalue weighted by Gasteiger charge is -2.11. The fraction of sp³-hybridized carbons (Fsp3) is 0.625. The molecule has 1 unspecified atom stereocenters. The number of hydrogen-bond acceptors (Lipinski definition) is 3. The van der Waals surface area contributed by atoms with Crippen molar-refractivity contribution in [2.24, 2.45) is 5.73 Å². The van der Waals surface area contributed by atoms with Crippen LogP contribution < -0.4 is 5.73 Å². The molecule has 0 bridgehead atoms. The molecule has 0 saturated carbocycles. The Balaban J connectivity index is 2.63. The van der Waals surface area contributed by atoms with E-state index < -0.39 is 0 Å². The topological polar surface area (TPSA) is 73.8 Å². The third-order valence-corrected chi connectivity index (χ3v) is 1.92. The molecule has 5 nitrogen and oxygen atoms in total. The molecule has 0 fully saturated rings. The predicted molar refractivity (Wildman–Crippen MR) is 47.8 cm³/mol. The van der Waals surface area contributed by atoms with E-state index in [4.69, 9.17) is 5.73 Å². The Morgan fingerprint density at radius 2 is 2.46 bits per heavy atom. The van der Waals surface area contributed by atoms with Crippen molar-refractivity contribution < 1.29 is 4.79 Å². The first kappa shape index (κ1) is 9.70. The van der Waals surface area contributed by atoms with E-state index in [-0.39, 0.29) is 11.9 Å². The van der Waals surface area contributed by atoms with Gasteiger partial charge >= 0.3 is 0 Å². The van der Waals surface area contributed by atoms with Crippen LogP contribution in [0.5, 0.6) is 0 Å². The SMILES string of the molecule is CCCCC(C(N)=O)n1ccnn1. The summed E-state index contributed by atoms with van der Waals surface area (Å²) in [5.41, 5.74) is 5.24. The zero-order chi connectivity index (χ0) is 9.68. The van der Waals surface area contributed by atoms with E-state index in [0.29, 0.717) is 0 Å². The van der Waals surface area contributed by atoms with Gasteiger partial charge in [0.05, 0.1) is 6.20 Å². The summed E-state index contributed by atoms with van der Waals surface area (Å²) >= 11 is 0. The van der Waals surface area contributed by atoms with Crippen molar-refractivity contribution in [1.29, 1.82) is 0 Å². The van der Waals surface area contributed by atoms with E-state index in [1.165, 1.54) is 4.68 Å². The van der Waals surface area contributed by atoms with Gasteiger partial charge in [0.2, 0.25) is 5.91 Å². The summed E-state index contributed by atoms with van der Waals surface area (Å²) in [5.74, 6) is -0.348. The number of nitrogens with zero attached hydrogens (tertiary/aromatic N) is 3. The number of hydrogen-bond donors (Lipinski definition) is 1. The van der Waals surface area contributed by atoms with Crippen molar-refractivity contribution in [2.75, 3.05) is 0 Å². The van der Waals surface area contributed by atoms with Gasteiger partial charge < -0.3 is 5.73 Å². The van der Waals surface area contributed by atoms with Gasteiger partial charge in [-0.25, -0.2) is 4.68 Å². The lowest BCUT2D eigenvalue weighted by Crippen LogP contribution is -2.27. The first-order valence-electron chi connectivity index (χ1n) is 4.40. The Labute approximate surface area is 76.9 Å². The minimum Gasteiger partial charge on any atom is -0.368 e. The van der Waals surface area contributed by atoms with Crippen LogP contribution >= 0.6 is 0 Å². The quantitative estimate of drug-likeness (QED) is 0.720. The average Bonchev–Trinajstić information content (AvgIpc) is 2.57. The summed E-state index contributed by atoms with van der Waals surface area (Å²) in [6, 6.07) is -0.345. The normalized spacial score (nSPS) is 12.7. The molecule has 0 saturated heterocycles. The molecule has 5 heteroatoms. The van der Waals surface area contributed by atoms with Gasteiger partial charge in [-0.3, -0.25) is 4.79 Å². The largest absolute Gasteiger partial charge is 0.368 e. The molecule has 0 spiro atoms. The lowest BCUT2D eigenvalue weighted by atomic mass is 10.1. The molecule has 1 atom stereocenters. The third kappa shape index (κ3) is 2.54. The highest BCUT2D eigenvalue weighted by atomic mass is 16.1. The molecule has 0 aliphatic rings. The van der Waals surface area contributed by atoms with Gasteiger partial charge in [-0.2, -0.15) is 0 Å². The van der Waals surface area contributed by atoms with Gasteiger partial charge in [0.25, 0.3) is 0 Å². The summed E-state index contributed by atoms with van der Waals surface area (Å²) in [5, 5.41) is 7.40. The van der Waals surface area contributed by atoms with Crippen LogP contribution in [0.25, 0.3) is 0 Å². The van der Waals surface area contributed by atoms with Gasteiger partial charge in [0.15, 0.2) is 0 Å². The molecule has 1 amide bonds. The highest BCUT2D eigenvalue weighted by Gasteiger charge is 2.16. The van der Waals surface area contributed by atoms with Gasteiger partial charge in [0.1, 0.15) is 6.04 Å². The Morgan fingerprint density at radius 1 is 1.69 bits per heavy atom. The molecule has 0 aliphatic heterocycles. The number of unbranched alkanes of at least 4 members (excludes halogenated alkanes) is 1. The Morgan fingerprint density at radius 3 is 2.92 bits per heavy atom. The van der Waals surface area contributed by atoms with E-state index in [2.05, 4.69) is 17.2 Å². The Kier molecular flexibility index (Phi) is 3.42. The number of carbonyl (C=O) groups excluding carboxylic acids is 1. The number of nitrogens with two attached hydrogens (primary N) is 1. The van der Waals surface area contributed by atoms with Crippen LogP contribution in [0.1, 0.15) is 32.2 Å². The van der Waals surface area contributed by atoms with Crippen molar-refractivity contribution in [3.8, 4) is 0 Å². The summed E-state index contributed by atoms with van der Waals surface area (Å²) in [6.07, 6.45) is 5.94. The molecule has 0 aliphatic carbocycles. The maximum atomic E-state index is 11.0. The smallest absolute Gasteiger partial charge is 0.242 e. The predicted octanol–water partition coefficient (Wildman–Crippen LogP) is 0.495. The van der Waals surface area contributed by atoms with Crippen molar-refractivity contribution >= 4 is 5.91 Å². The second-order valence-electron chi connectivity index (χ2n) is 2.94. The number of carbonyl (C=O) groups is 1. The lowest BCUT2D eigenvalue weighted by molar-refractivity contribution is -0.121. The maximum Gasteiger partial charge on any atom is 0.242 e. The molecule has 1 rings (SSSR count). The van der Waals surface area contributed by atoms with Crippen molar-refractivity contribution in [3.63, 3.8) is 0 Å². The number of amides is 1. The third-order valence-electron chi connectivity index (χ3n) is 1.92. The van der Waals surface area contributed by atoms with E-state index in [1.54, 1.807) is 12.4 Å². The molecule has 72 valence electrons. The summed E-state index contributed by atoms with van der Waals surface area (Å²) in [6.45, 7) is 2.07. The van der Waals surface area contributed by atoms with Crippen molar-refractivity contribution in [3.05, 3.63) is 12.4 Å². The van der Waals surface area contributed by atoms with Crippen LogP contribution in [0.3, 0.4) is 0 Å². The monoisotopic (exact) mass is 182 g/mol. The number of primary amides is 1.